The maximum absolute atomic E-state index is 13.0. The third kappa shape index (κ3) is 4.71. The van der Waals surface area contributed by atoms with Crippen molar-refractivity contribution in [1.29, 1.82) is 0 Å². The first-order chi connectivity index (χ1) is 15.0. The molecule has 7 heteroatoms. The number of carbonyl (C=O) groups excluding carboxylic acids is 2. The Morgan fingerprint density at radius 3 is 2.16 bits per heavy atom. The lowest BCUT2D eigenvalue weighted by molar-refractivity contribution is -0.142. The van der Waals surface area contributed by atoms with Crippen LogP contribution in [0.5, 0.6) is 23.0 Å². The first kappa shape index (κ1) is 22.0. The highest BCUT2D eigenvalue weighted by Crippen LogP contribution is 2.38. The van der Waals surface area contributed by atoms with E-state index in [1.165, 1.54) is 38.4 Å². The summed E-state index contributed by atoms with van der Waals surface area (Å²) in [6.07, 6.45) is 6.73. The first-order valence-corrected chi connectivity index (χ1v) is 9.68. The summed E-state index contributed by atoms with van der Waals surface area (Å²) in [6, 6.07) is 10.4. The predicted octanol–water partition coefficient (Wildman–Crippen LogP) is 3.79. The number of hydrogen-bond donors (Lipinski definition) is 0. The van der Waals surface area contributed by atoms with E-state index in [-0.39, 0.29) is 11.9 Å². The number of rotatable bonds is 7. The number of amides is 2. The van der Waals surface area contributed by atoms with Gasteiger partial charge in [-0.25, -0.2) is 0 Å². The number of benzene rings is 2. The molecule has 31 heavy (non-hydrogen) atoms. The molecule has 3 rings (SSSR count). The van der Waals surface area contributed by atoms with E-state index in [1.807, 2.05) is 24.3 Å². The maximum Gasteiger partial charge on any atom is 0.254 e. The molecule has 1 heterocycles. The minimum atomic E-state index is -0.413. The Kier molecular flexibility index (Phi) is 6.97. The van der Waals surface area contributed by atoms with E-state index >= 15 is 0 Å². The molecule has 1 unspecified atom stereocenters. The van der Waals surface area contributed by atoms with Gasteiger partial charge in [-0.05, 0) is 54.0 Å². The van der Waals surface area contributed by atoms with E-state index in [2.05, 4.69) is 0 Å². The quantitative estimate of drug-likeness (QED) is 0.631. The molecule has 0 aromatic heterocycles. The van der Waals surface area contributed by atoms with Crippen LogP contribution in [0.2, 0.25) is 0 Å². The van der Waals surface area contributed by atoms with Gasteiger partial charge in [-0.15, -0.1) is 0 Å². The van der Waals surface area contributed by atoms with E-state index in [9.17, 15) is 9.59 Å². The smallest absolute Gasteiger partial charge is 0.254 e. The van der Waals surface area contributed by atoms with Gasteiger partial charge < -0.3 is 18.9 Å². The molecule has 7 nitrogen and oxygen atoms in total. The number of nitrogens with zero attached hydrogens (tertiary/aromatic N) is 1. The second-order valence-corrected chi connectivity index (χ2v) is 6.77. The summed E-state index contributed by atoms with van der Waals surface area (Å²) in [5, 5.41) is 0. The second-order valence-electron chi connectivity index (χ2n) is 6.77. The van der Waals surface area contributed by atoms with Crippen molar-refractivity contribution in [3.63, 3.8) is 0 Å². The number of imide groups is 1. The van der Waals surface area contributed by atoms with Crippen molar-refractivity contribution < 1.29 is 28.5 Å². The van der Waals surface area contributed by atoms with Crippen LogP contribution in [0.3, 0.4) is 0 Å². The molecule has 1 atom stereocenters. The zero-order chi connectivity index (χ0) is 22.4. The summed E-state index contributed by atoms with van der Waals surface area (Å²) in [6.45, 7) is 0. The van der Waals surface area contributed by atoms with Gasteiger partial charge >= 0.3 is 0 Å². The molecule has 0 bridgehead atoms. The molecule has 0 spiro atoms. The zero-order valence-corrected chi connectivity index (χ0v) is 18.0. The summed E-state index contributed by atoms with van der Waals surface area (Å²) in [5.74, 6) is 1.35. The van der Waals surface area contributed by atoms with E-state index in [0.29, 0.717) is 35.0 Å². The fourth-order valence-electron chi connectivity index (χ4n) is 3.46. The normalized spacial score (nSPS) is 15.8. The Labute approximate surface area is 181 Å². The summed E-state index contributed by atoms with van der Waals surface area (Å²) < 4.78 is 21.2. The van der Waals surface area contributed by atoms with Crippen LogP contribution in [0.25, 0.3) is 6.08 Å². The molecule has 0 saturated carbocycles. The van der Waals surface area contributed by atoms with Crippen LogP contribution < -0.4 is 18.9 Å². The van der Waals surface area contributed by atoms with Gasteiger partial charge in [0.1, 0.15) is 5.75 Å². The van der Waals surface area contributed by atoms with Gasteiger partial charge in [-0.3, -0.25) is 14.5 Å². The average molecular weight is 423 g/mol. The highest BCUT2D eigenvalue weighted by Gasteiger charge is 2.30. The monoisotopic (exact) mass is 423 g/mol. The highest BCUT2D eigenvalue weighted by atomic mass is 16.5. The molecule has 2 aromatic rings. The van der Waals surface area contributed by atoms with Crippen LogP contribution >= 0.6 is 0 Å². The lowest BCUT2D eigenvalue weighted by Crippen LogP contribution is -2.39. The van der Waals surface area contributed by atoms with Gasteiger partial charge in [0.2, 0.25) is 5.75 Å². The van der Waals surface area contributed by atoms with Gasteiger partial charge in [0.05, 0.1) is 34.5 Å². The van der Waals surface area contributed by atoms with E-state index in [0.717, 1.165) is 5.56 Å². The Balaban J connectivity index is 1.88. The van der Waals surface area contributed by atoms with Crippen molar-refractivity contribution in [2.75, 3.05) is 28.4 Å². The second kappa shape index (κ2) is 9.84. The van der Waals surface area contributed by atoms with Crippen LogP contribution in [-0.2, 0) is 9.59 Å². The van der Waals surface area contributed by atoms with Crippen LogP contribution in [0, 0.1) is 0 Å². The Morgan fingerprint density at radius 2 is 1.61 bits per heavy atom. The summed E-state index contributed by atoms with van der Waals surface area (Å²) in [4.78, 5) is 26.8. The Hall–Kier alpha value is -3.74. The minimum absolute atomic E-state index is 0.355. The Bertz CT molecular complexity index is 984. The van der Waals surface area contributed by atoms with Crippen LogP contribution in [0.1, 0.15) is 23.6 Å². The van der Waals surface area contributed by atoms with Crippen molar-refractivity contribution in [1.82, 2.24) is 4.90 Å². The molecule has 162 valence electrons. The first-order valence-electron chi connectivity index (χ1n) is 9.68. The third-order valence-corrected chi connectivity index (χ3v) is 5.01. The van der Waals surface area contributed by atoms with Crippen LogP contribution in [0.4, 0.5) is 0 Å². The molecule has 2 aromatic carbocycles. The lowest BCUT2D eigenvalue weighted by Gasteiger charge is -2.30. The molecule has 0 N–H and O–H groups in total. The van der Waals surface area contributed by atoms with Gasteiger partial charge in [0.15, 0.2) is 11.5 Å². The Morgan fingerprint density at radius 1 is 0.968 bits per heavy atom. The van der Waals surface area contributed by atoms with Crippen LogP contribution in [0.15, 0.2) is 54.6 Å². The number of ether oxygens (including phenoxy) is 4. The fraction of sp³-hybridized carbons (Fsp3) is 0.250. The van der Waals surface area contributed by atoms with E-state index in [4.69, 9.17) is 18.9 Å². The lowest BCUT2D eigenvalue weighted by atomic mass is 9.98. The molecular formula is C24H25NO6. The predicted molar refractivity (Wildman–Crippen MR) is 116 cm³/mol. The summed E-state index contributed by atoms with van der Waals surface area (Å²) in [7, 11) is 6.15. The van der Waals surface area contributed by atoms with Gasteiger partial charge in [0.25, 0.3) is 11.8 Å². The standard InChI is InChI=1S/C24H25NO6/c1-28-18-11-9-17(10-12-18)19-6-5-7-22(26)25(19)23(27)13-8-16-14-20(29-2)24(31-4)21(15-16)30-3/h5,7-15,19H,6H2,1-4H3. The summed E-state index contributed by atoms with van der Waals surface area (Å²) in [5.41, 5.74) is 1.52. The van der Waals surface area contributed by atoms with Gasteiger partial charge in [-0.2, -0.15) is 0 Å². The number of carbonyl (C=O) groups is 2. The van der Waals surface area contributed by atoms with E-state index in [1.54, 1.807) is 31.4 Å². The molecule has 0 aliphatic carbocycles. The number of hydrogen-bond acceptors (Lipinski definition) is 6. The average Bonchev–Trinajstić information content (AvgIpc) is 2.81. The van der Waals surface area contributed by atoms with Crippen molar-refractivity contribution in [3.8, 4) is 23.0 Å². The molecule has 1 aliphatic heterocycles. The fourth-order valence-corrected chi connectivity index (χ4v) is 3.46. The SMILES string of the molecule is COc1ccc(C2CC=CC(=O)N2C(=O)C=Cc2cc(OC)c(OC)c(OC)c2)cc1. The van der Waals surface area contributed by atoms with Gasteiger partial charge in [-0.1, -0.05) is 18.2 Å². The molecule has 2 amide bonds. The molecular weight excluding hydrogens is 398 g/mol. The topological polar surface area (TPSA) is 74.3 Å². The van der Waals surface area contributed by atoms with Gasteiger partial charge in [0, 0.05) is 6.08 Å². The van der Waals surface area contributed by atoms with Crippen molar-refractivity contribution >= 4 is 17.9 Å². The third-order valence-electron chi connectivity index (χ3n) is 5.01. The zero-order valence-electron chi connectivity index (χ0n) is 18.0. The van der Waals surface area contributed by atoms with E-state index < -0.39 is 5.91 Å². The van der Waals surface area contributed by atoms with Crippen molar-refractivity contribution in [3.05, 3.63) is 65.8 Å². The largest absolute Gasteiger partial charge is 0.497 e. The maximum atomic E-state index is 13.0. The van der Waals surface area contributed by atoms with Crippen molar-refractivity contribution in [2.45, 2.75) is 12.5 Å². The summed E-state index contributed by atoms with van der Waals surface area (Å²) >= 11 is 0. The van der Waals surface area contributed by atoms with Crippen molar-refractivity contribution in [2.24, 2.45) is 0 Å². The molecule has 0 saturated heterocycles. The molecule has 0 fully saturated rings. The minimum Gasteiger partial charge on any atom is -0.497 e. The van der Waals surface area contributed by atoms with Crippen LogP contribution in [-0.4, -0.2) is 45.2 Å². The number of methoxy groups -OCH3 is 4. The molecule has 1 aliphatic rings. The highest BCUT2D eigenvalue weighted by molar-refractivity contribution is 6.07. The molecule has 0 radical (unpaired) electrons.